The van der Waals surface area contributed by atoms with E-state index in [0.717, 1.165) is 12.3 Å². The highest BCUT2D eigenvalue weighted by Crippen LogP contribution is 2.32. The van der Waals surface area contributed by atoms with E-state index in [-0.39, 0.29) is 0 Å². The minimum absolute atomic E-state index is 0.455. The number of hydrogen-bond acceptors (Lipinski definition) is 3. The summed E-state index contributed by atoms with van der Waals surface area (Å²) in [7, 11) is 3.79. The fraction of sp³-hybridized carbons (Fsp3) is 0.647. The molecule has 0 amide bonds. The van der Waals surface area contributed by atoms with Gasteiger partial charge in [0.2, 0.25) is 0 Å². The summed E-state index contributed by atoms with van der Waals surface area (Å²) in [5.41, 5.74) is 1.37. The molecule has 3 nitrogen and oxygen atoms in total. The fourth-order valence-corrected chi connectivity index (χ4v) is 3.42. The SMILES string of the molecule is CNC1CCN(C(C)c2ccc(OC)cc2)C(C)C1C. The van der Waals surface area contributed by atoms with E-state index in [9.17, 15) is 0 Å². The monoisotopic (exact) mass is 276 g/mol. The topological polar surface area (TPSA) is 24.5 Å². The normalized spacial score (nSPS) is 29.1. The molecule has 4 atom stereocenters. The second kappa shape index (κ2) is 6.59. The van der Waals surface area contributed by atoms with E-state index in [2.05, 4.69) is 62.3 Å². The van der Waals surface area contributed by atoms with Gasteiger partial charge in [-0.25, -0.2) is 0 Å². The Morgan fingerprint density at radius 3 is 2.45 bits per heavy atom. The van der Waals surface area contributed by atoms with Gasteiger partial charge < -0.3 is 10.1 Å². The summed E-state index contributed by atoms with van der Waals surface area (Å²) >= 11 is 0. The standard InChI is InChI=1S/C17H28N2O/c1-12-13(2)19(11-10-17(12)18-4)14(3)15-6-8-16(20-5)9-7-15/h6-9,12-14,17-18H,10-11H2,1-5H3. The zero-order valence-corrected chi connectivity index (χ0v) is 13.4. The third-order valence-electron chi connectivity index (χ3n) is 5.08. The van der Waals surface area contributed by atoms with Crippen molar-refractivity contribution in [3.05, 3.63) is 29.8 Å². The fourth-order valence-electron chi connectivity index (χ4n) is 3.42. The molecule has 0 aliphatic carbocycles. The van der Waals surface area contributed by atoms with Crippen LogP contribution in [0.5, 0.6) is 5.75 Å². The lowest BCUT2D eigenvalue weighted by molar-refractivity contribution is 0.0545. The van der Waals surface area contributed by atoms with Gasteiger partial charge >= 0.3 is 0 Å². The van der Waals surface area contributed by atoms with Crippen molar-refractivity contribution in [1.82, 2.24) is 10.2 Å². The molecule has 1 fully saturated rings. The summed E-state index contributed by atoms with van der Waals surface area (Å²) in [5, 5.41) is 3.46. The van der Waals surface area contributed by atoms with Crippen LogP contribution < -0.4 is 10.1 Å². The maximum atomic E-state index is 5.24. The smallest absolute Gasteiger partial charge is 0.118 e. The first-order valence-electron chi connectivity index (χ1n) is 7.65. The van der Waals surface area contributed by atoms with Crippen LogP contribution in [0.15, 0.2) is 24.3 Å². The lowest BCUT2D eigenvalue weighted by Crippen LogP contribution is -2.53. The maximum Gasteiger partial charge on any atom is 0.118 e. The Labute approximate surface area is 123 Å². The number of rotatable bonds is 4. The van der Waals surface area contributed by atoms with Gasteiger partial charge in [0.15, 0.2) is 0 Å². The average Bonchev–Trinajstić information content (AvgIpc) is 2.49. The van der Waals surface area contributed by atoms with Crippen LogP contribution in [0.3, 0.4) is 0 Å². The van der Waals surface area contributed by atoms with E-state index in [0.29, 0.717) is 24.0 Å². The lowest BCUT2D eigenvalue weighted by Gasteiger charge is -2.45. The number of nitrogens with one attached hydrogen (secondary N) is 1. The van der Waals surface area contributed by atoms with Crippen molar-refractivity contribution < 1.29 is 4.74 Å². The highest BCUT2D eigenvalue weighted by molar-refractivity contribution is 5.29. The Morgan fingerprint density at radius 1 is 1.25 bits per heavy atom. The van der Waals surface area contributed by atoms with Gasteiger partial charge in [-0.2, -0.15) is 0 Å². The summed E-state index contributed by atoms with van der Waals surface area (Å²) in [6.45, 7) is 8.18. The number of benzene rings is 1. The van der Waals surface area contributed by atoms with Gasteiger partial charge in [-0.3, -0.25) is 4.90 Å². The van der Waals surface area contributed by atoms with Gasteiger partial charge in [0, 0.05) is 24.7 Å². The molecule has 3 heteroatoms. The van der Waals surface area contributed by atoms with Crippen LogP contribution in [-0.2, 0) is 0 Å². The van der Waals surface area contributed by atoms with Crippen molar-refractivity contribution in [1.29, 1.82) is 0 Å². The summed E-state index contributed by atoms with van der Waals surface area (Å²) in [5.74, 6) is 1.60. The molecule has 2 rings (SSSR count). The van der Waals surface area contributed by atoms with Crippen molar-refractivity contribution in [3.8, 4) is 5.75 Å². The van der Waals surface area contributed by atoms with E-state index in [1.54, 1.807) is 7.11 Å². The molecule has 0 spiro atoms. The second-order valence-electron chi connectivity index (χ2n) is 5.97. The minimum Gasteiger partial charge on any atom is -0.497 e. The number of hydrogen-bond donors (Lipinski definition) is 1. The van der Waals surface area contributed by atoms with E-state index in [4.69, 9.17) is 4.74 Å². The third-order valence-corrected chi connectivity index (χ3v) is 5.08. The summed E-state index contributed by atoms with van der Waals surface area (Å²) in [6, 6.07) is 10.2. The molecule has 20 heavy (non-hydrogen) atoms. The first-order chi connectivity index (χ1) is 9.58. The molecule has 112 valence electrons. The summed E-state index contributed by atoms with van der Waals surface area (Å²) in [4.78, 5) is 2.63. The van der Waals surface area contributed by atoms with Crippen LogP contribution in [0, 0.1) is 5.92 Å². The molecule has 0 aromatic heterocycles. The van der Waals surface area contributed by atoms with Crippen LogP contribution in [0.25, 0.3) is 0 Å². The minimum atomic E-state index is 0.455. The van der Waals surface area contributed by atoms with Crippen LogP contribution in [-0.4, -0.2) is 37.7 Å². The Balaban J connectivity index is 2.10. The van der Waals surface area contributed by atoms with Gasteiger partial charge in [0.25, 0.3) is 0 Å². The van der Waals surface area contributed by atoms with Crippen molar-refractivity contribution in [2.45, 2.75) is 45.3 Å². The molecule has 1 N–H and O–H groups in total. The molecule has 1 aliphatic rings. The highest BCUT2D eigenvalue weighted by Gasteiger charge is 2.34. The molecule has 1 aromatic carbocycles. The molecular formula is C17H28N2O. The second-order valence-corrected chi connectivity index (χ2v) is 5.97. The molecule has 1 aliphatic heterocycles. The van der Waals surface area contributed by atoms with E-state index < -0.39 is 0 Å². The number of ether oxygens (including phenoxy) is 1. The van der Waals surface area contributed by atoms with E-state index in [1.807, 2.05) is 0 Å². The van der Waals surface area contributed by atoms with E-state index in [1.165, 1.54) is 12.0 Å². The zero-order chi connectivity index (χ0) is 14.7. The Morgan fingerprint density at radius 2 is 1.90 bits per heavy atom. The van der Waals surface area contributed by atoms with Gasteiger partial charge in [-0.05, 0) is 50.9 Å². The Hall–Kier alpha value is -1.06. The zero-order valence-electron chi connectivity index (χ0n) is 13.4. The molecule has 0 saturated carbocycles. The molecule has 0 bridgehead atoms. The largest absolute Gasteiger partial charge is 0.497 e. The molecule has 1 saturated heterocycles. The molecule has 0 radical (unpaired) electrons. The van der Waals surface area contributed by atoms with Crippen LogP contribution in [0.4, 0.5) is 0 Å². The Bertz CT molecular complexity index is 418. The van der Waals surface area contributed by atoms with Crippen molar-refractivity contribution in [3.63, 3.8) is 0 Å². The van der Waals surface area contributed by atoms with Gasteiger partial charge in [-0.15, -0.1) is 0 Å². The van der Waals surface area contributed by atoms with Crippen molar-refractivity contribution in [2.24, 2.45) is 5.92 Å². The van der Waals surface area contributed by atoms with Gasteiger partial charge in [-0.1, -0.05) is 19.1 Å². The molecular weight excluding hydrogens is 248 g/mol. The predicted octanol–water partition coefficient (Wildman–Crippen LogP) is 3.07. The maximum absolute atomic E-state index is 5.24. The summed E-state index contributed by atoms with van der Waals surface area (Å²) < 4.78 is 5.24. The number of likely N-dealkylation sites (tertiary alicyclic amines) is 1. The molecule has 1 aromatic rings. The molecule has 1 heterocycles. The van der Waals surface area contributed by atoms with Crippen LogP contribution in [0.2, 0.25) is 0 Å². The number of methoxy groups -OCH3 is 1. The van der Waals surface area contributed by atoms with Crippen LogP contribution >= 0.6 is 0 Å². The van der Waals surface area contributed by atoms with Gasteiger partial charge in [0.05, 0.1) is 7.11 Å². The lowest BCUT2D eigenvalue weighted by atomic mass is 9.85. The Kier molecular flexibility index (Phi) is 5.06. The molecule has 4 unspecified atom stereocenters. The number of nitrogens with zero attached hydrogens (tertiary/aromatic N) is 1. The quantitative estimate of drug-likeness (QED) is 0.914. The van der Waals surface area contributed by atoms with Crippen molar-refractivity contribution >= 4 is 0 Å². The first-order valence-corrected chi connectivity index (χ1v) is 7.65. The highest BCUT2D eigenvalue weighted by atomic mass is 16.5. The van der Waals surface area contributed by atoms with Crippen LogP contribution in [0.1, 0.15) is 38.8 Å². The number of piperidine rings is 1. The third kappa shape index (κ3) is 2.99. The predicted molar refractivity (Wildman–Crippen MR) is 84.2 cm³/mol. The van der Waals surface area contributed by atoms with Gasteiger partial charge in [0.1, 0.15) is 5.75 Å². The summed E-state index contributed by atoms with van der Waals surface area (Å²) in [6.07, 6.45) is 1.22. The first kappa shape index (κ1) is 15.3. The average molecular weight is 276 g/mol. The van der Waals surface area contributed by atoms with E-state index >= 15 is 0 Å². The van der Waals surface area contributed by atoms with Crippen molar-refractivity contribution in [2.75, 3.05) is 20.7 Å².